The smallest absolute Gasteiger partial charge is 0.141 e. The van der Waals surface area contributed by atoms with Crippen LogP contribution in [0.25, 0.3) is 0 Å². The SMILES string of the molecule is CCC(C)C(O)c1ccc(F)cn1. The van der Waals surface area contributed by atoms with Crippen molar-refractivity contribution in [3.05, 3.63) is 29.8 Å². The average Bonchev–Trinajstić information content (AvgIpc) is 2.17. The van der Waals surface area contributed by atoms with Crippen LogP contribution in [0.1, 0.15) is 32.1 Å². The summed E-state index contributed by atoms with van der Waals surface area (Å²) in [6, 6.07) is 2.83. The first-order chi connectivity index (χ1) is 6.15. The molecule has 1 aromatic rings. The van der Waals surface area contributed by atoms with Gasteiger partial charge in [0.15, 0.2) is 0 Å². The van der Waals surface area contributed by atoms with E-state index >= 15 is 0 Å². The predicted octanol–water partition coefficient (Wildman–Crippen LogP) is 2.30. The number of halogens is 1. The molecule has 0 aliphatic carbocycles. The van der Waals surface area contributed by atoms with Crippen LogP contribution in [0.4, 0.5) is 4.39 Å². The van der Waals surface area contributed by atoms with E-state index in [1.807, 2.05) is 13.8 Å². The van der Waals surface area contributed by atoms with Gasteiger partial charge in [0.25, 0.3) is 0 Å². The van der Waals surface area contributed by atoms with Crippen molar-refractivity contribution < 1.29 is 9.50 Å². The Kier molecular flexibility index (Phi) is 3.37. The minimum atomic E-state index is -0.592. The molecule has 1 N–H and O–H groups in total. The Hall–Kier alpha value is -0.960. The summed E-state index contributed by atoms with van der Waals surface area (Å²) in [6.07, 6.45) is 1.41. The van der Waals surface area contributed by atoms with Crippen molar-refractivity contribution in [2.45, 2.75) is 26.4 Å². The summed E-state index contributed by atoms with van der Waals surface area (Å²) in [7, 11) is 0. The molecule has 0 aliphatic heterocycles. The fourth-order valence-electron chi connectivity index (χ4n) is 1.08. The van der Waals surface area contributed by atoms with Gasteiger partial charge in [-0.05, 0) is 18.1 Å². The molecule has 1 aromatic heterocycles. The molecular formula is C10H14FNO. The highest BCUT2D eigenvalue weighted by Crippen LogP contribution is 2.21. The first-order valence-corrected chi connectivity index (χ1v) is 4.44. The van der Waals surface area contributed by atoms with Crippen LogP contribution in [-0.4, -0.2) is 10.1 Å². The molecule has 0 spiro atoms. The molecule has 3 heteroatoms. The third kappa shape index (κ3) is 2.49. The van der Waals surface area contributed by atoms with E-state index < -0.39 is 6.10 Å². The van der Waals surface area contributed by atoms with Crippen LogP contribution in [0.15, 0.2) is 18.3 Å². The molecule has 2 nitrogen and oxygen atoms in total. The van der Waals surface area contributed by atoms with Crippen LogP contribution in [0.5, 0.6) is 0 Å². The van der Waals surface area contributed by atoms with Gasteiger partial charge in [-0.1, -0.05) is 20.3 Å². The van der Waals surface area contributed by atoms with Crippen molar-refractivity contribution in [1.82, 2.24) is 4.98 Å². The van der Waals surface area contributed by atoms with Gasteiger partial charge in [-0.15, -0.1) is 0 Å². The van der Waals surface area contributed by atoms with Crippen molar-refractivity contribution in [3.63, 3.8) is 0 Å². The fourth-order valence-corrected chi connectivity index (χ4v) is 1.08. The van der Waals surface area contributed by atoms with Gasteiger partial charge in [0.05, 0.1) is 18.0 Å². The van der Waals surface area contributed by atoms with E-state index in [0.717, 1.165) is 12.6 Å². The Bertz CT molecular complexity index is 260. The van der Waals surface area contributed by atoms with E-state index in [1.165, 1.54) is 12.1 Å². The number of nitrogens with zero attached hydrogens (tertiary/aromatic N) is 1. The van der Waals surface area contributed by atoms with Crippen molar-refractivity contribution in [3.8, 4) is 0 Å². The summed E-state index contributed by atoms with van der Waals surface area (Å²) in [5, 5.41) is 9.69. The van der Waals surface area contributed by atoms with Crippen LogP contribution >= 0.6 is 0 Å². The maximum Gasteiger partial charge on any atom is 0.141 e. The highest BCUT2D eigenvalue weighted by atomic mass is 19.1. The van der Waals surface area contributed by atoms with Crippen molar-refractivity contribution in [2.75, 3.05) is 0 Å². The molecule has 2 unspecified atom stereocenters. The molecule has 0 aliphatic rings. The lowest BCUT2D eigenvalue weighted by atomic mass is 9.99. The minimum absolute atomic E-state index is 0.151. The van der Waals surface area contributed by atoms with Gasteiger partial charge in [-0.3, -0.25) is 4.98 Å². The molecule has 0 bridgehead atoms. The van der Waals surface area contributed by atoms with Gasteiger partial charge >= 0.3 is 0 Å². The van der Waals surface area contributed by atoms with Gasteiger partial charge in [0, 0.05) is 0 Å². The summed E-state index contributed by atoms with van der Waals surface area (Å²) >= 11 is 0. The van der Waals surface area contributed by atoms with E-state index in [4.69, 9.17) is 0 Å². The van der Waals surface area contributed by atoms with E-state index in [1.54, 1.807) is 0 Å². The second-order valence-electron chi connectivity index (χ2n) is 3.23. The first kappa shape index (κ1) is 10.1. The normalized spacial score (nSPS) is 15.4. The van der Waals surface area contributed by atoms with Gasteiger partial charge in [0.2, 0.25) is 0 Å². The maximum absolute atomic E-state index is 12.5. The molecule has 1 heterocycles. The number of hydrogen-bond acceptors (Lipinski definition) is 2. The highest BCUT2D eigenvalue weighted by molar-refractivity contribution is 5.08. The molecule has 0 fully saturated rings. The molecule has 72 valence electrons. The zero-order valence-corrected chi connectivity index (χ0v) is 7.87. The average molecular weight is 183 g/mol. The van der Waals surface area contributed by atoms with Crippen molar-refractivity contribution >= 4 is 0 Å². The Morgan fingerprint density at radius 3 is 2.69 bits per heavy atom. The number of rotatable bonds is 3. The zero-order valence-electron chi connectivity index (χ0n) is 7.87. The lowest BCUT2D eigenvalue weighted by molar-refractivity contribution is 0.111. The number of aliphatic hydroxyl groups is 1. The number of aromatic nitrogens is 1. The lowest BCUT2D eigenvalue weighted by Crippen LogP contribution is -2.09. The van der Waals surface area contributed by atoms with Gasteiger partial charge < -0.3 is 5.11 Å². The van der Waals surface area contributed by atoms with Crippen LogP contribution in [0.3, 0.4) is 0 Å². The largest absolute Gasteiger partial charge is 0.387 e. The standard InChI is InChI=1S/C10H14FNO/c1-3-7(2)10(13)9-5-4-8(11)6-12-9/h4-7,10,13H,3H2,1-2H3. The van der Waals surface area contributed by atoms with E-state index in [-0.39, 0.29) is 11.7 Å². The maximum atomic E-state index is 12.5. The van der Waals surface area contributed by atoms with E-state index in [9.17, 15) is 9.50 Å². The summed E-state index contributed by atoms with van der Waals surface area (Å²) in [4.78, 5) is 3.82. The molecule has 13 heavy (non-hydrogen) atoms. The Morgan fingerprint density at radius 1 is 1.54 bits per heavy atom. The summed E-state index contributed by atoms with van der Waals surface area (Å²) in [6.45, 7) is 3.94. The zero-order chi connectivity index (χ0) is 9.84. The first-order valence-electron chi connectivity index (χ1n) is 4.44. The van der Waals surface area contributed by atoms with Crippen molar-refractivity contribution in [1.29, 1.82) is 0 Å². The summed E-state index contributed by atoms with van der Waals surface area (Å²) < 4.78 is 12.5. The van der Waals surface area contributed by atoms with Gasteiger partial charge in [-0.2, -0.15) is 0 Å². The van der Waals surface area contributed by atoms with Crippen LogP contribution in [0, 0.1) is 11.7 Å². The highest BCUT2D eigenvalue weighted by Gasteiger charge is 2.15. The molecule has 0 saturated carbocycles. The monoisotopic (exact) mass is 183 g/mol. The third-order valence-corrected chi connectivity index (χ3v) is 2.24. The summed E-state index contributed by atoms with van der Waals surface area (Å²) in [5.74, 6) is -0.224. The quantitative estimate of drug-likeness (QED) is 0.780. The molecule has 0 aromatic carbocycles. The fraction of sp³-hybridized carbons (Fsp3) is 0.500. The van der Waals surface area contributed by atoms with E-state index in [2.05, 4.69) is 4.98 Å². The Balaban J connectivity index is 2.77. The minimum Gasteiger partial charge on any atom is -0.387 e. The van der Waals surface area contributed by atoms with Crippen molar-refractivity contribution in [2.24, 2.45) is 5.92 Å². The van der Waals surface area contributed by atoms with Crippen LogP contribution < -0.4 is 0 Å². The van der Waals surface area contributed by atoms with Crippen LogP contribution in [0.2, 0.25) is 0 Å². The third-order valence-electron chi connectivity index (χ3n) is 2.24. The molecule has 1 rings (SSSR count). The number of hydrogen-bond donors (Lipinski definition) is 1. The van der Waals surface area contributed by atoms with Gasteiger partial charge in [-0.25, -0.2) is 4.39 Å². The molecule has 2 atom stereocenters. The summed E-state index contributed by atoms with van der Waals surface area (Å²) in [5.41, 5.74) is 0.538. The van der Waals surface area contributed by atoms with Crippen LogP contribution in [-0.2, 0) is 0 Å². The van der Waals surface area contributed by atoms with E-state index in [0.29, 0.717) is 5.69 Å². The predicted molar refractivity (Wildman–Crippen MR) is 48.6 cm³/mol. The lowest BCUT2D eigenvalue weighted by Gasteiger charge is -2.15. The molecule has 0 saturated heterocycles. The topological polar surface area (TPSA) is 33.1 Å². The number of pyridine rings is 1. The number of aliphatic hydroxyl groups excluding tert-OH is 1. The molecule has 0 amide bonds. The molecule has 0 radical (unpaired) electrons. The molecular weight excluding hydrogens is 169 g/mol. The van der Waals surface area contributed by atoms with Gasteiger partial charge in [0.1, 0.15) is 5.82 Å². The second kappa shape index (κ2) is 4.33. The second-order valence-corrected chi connectivity index (χ2v) is 3.23. The Morgan fingerprint density at radius 2 is 2.23 bits per heavy atom. The Labute approximate surface area is 77.4 Å².